The summed E-state index contributed by atoms with van der Waals surface area (Å²) in [7, 11) is 1.82. The van der Waals surface area contributed by atoms with Gasteiger partial charge in [-0.3, -0.25) is 14.4 Å². The van der Waals surface area contributed by atoms with E-state index in [0.29, 0.717) is 12.6 Å². The van der Waals surface area contributed by atoms with E-state index in [-0.39, 0.29) is 0 Å². The van der Waals surface area contributed by atoms with E-state index in [0.717, 1.165) is 5.69 Å². The Morgan fingerprint density at radius 2 is 2.21 bits per heavy atom. The fraction of sp³-hybridized carbons (Fsp3) is 0.714. The molecule has 5 heteroatoms. The van der Waals surface area contributed by atoms with Crippen molar-refractivity contribution in [1.82, 2.24) is 14.7 Å². The summed E-state index contributed by atoms with van der Waals surface area (Å²) in [6, 6.07) is 2.05. The van der Waals surface area contributed by atoms with E-state index in [1.54, 1.807) is 11.8 Å². The summed E-state index contributed by atoms with van der Waals surface area (Å²) in [5.74, 6) is -0.797. The highest BCUT2D eigenvalue weighted by Gasteiger charge is 2.19. The van der Waals surface area contributed by atoms with Crippen molar-refractivity contribution in [3.63, 3.8) is 0 Å². The molecule has 0 saturated heterocycles. The van der Waals surface area contributed by atoms with Crippen molar-refractivity contribution in [3.05, 3.63) is 18.0 Å². The third kappa shape index (κ3) is 3.56. The molecule has 1 aliphatic rings. The van der Waals surface area contributed by atoms with Gasteiger partial charge >= 0.3 is 5.97 Å². The second kappa shape index (κ2) is 6.19. The molecule has 1 fully saturated rings. The third-order valence-corrected chi connectivity index (χ3v) is 4.04. The maximum absolute atomic E-state index is 10.9. The Bertz CT molecular complexity index is 424. The molecule has 0 radical (unpaired) electrons. The first-order valence-corrected chi connectivity index (χ1v) is 7.05. The van der Waals surface area contributed by atoms with E-state index in [4.69, 9.17) is 5.11 Å². The average Bonchev–Trinajstić information content (AvgIpc) is 2.87. The number of carboxylic acid groups (broad SMARTS) is 1. The maximum atomic E-state index is 10.9. The molecule has 0 spiro atoms. The summed E-state index contributed by atoms with van der Waals surface area (Å²) in [4.78, 5) is 12.7. The predicted octanol–water partition coefficient (Wildman–Crippen LogP) is 2.29. The Morgan fingerprint density at radius 1 is 1.53 bits per heavy atom. The van der Waals surface area contributed by atoms with Gasteiger partial charge in [-0.1, -0.05) is 19.3 Å². The fourth-order valence-corrected chi connectivity index (χ4v) is 2.59. The molecule has 5 nitrogen and oxygen atoms in total. The Balaban J connectivity index is 1.95. The van der Waals surface area contributed by atoms with E-state index in [1.807, 2.05) is 19.3 Å². The highest BCUT2D eigenvalue weighted by molar-refractivity contribution is 5.72. The molecule has 1 heterocycles. The quantitative estimate of drug-likeness (QED) is 0.887. The lowest BCUT2D eigenvalue weighted by molar-refractivity contribution is -0.142. The number of hydrogen-bond acceptors (Lipinski definition) is 3. The van der Waals surface area contributed by atoms with Crippen LogP contribution in [0.25, 0.3) is 0 Å². The lowest BCUT2D eigenvalue weighted by Crippen LogP contribution is -2.35. The SMILES string of the molecule is CC(C(=O)O)N(C)Cc1ccn(C2CCCCC2)n1. The summed E-state index contributed by atoms with van der Waals surface area (Å²) in [5, 5.41) is 13.6. The highest BCUT2D eigenvalue weighted by Crippen LogP contribution is 2.27. The molecule has 0 amide bonds. The van der Waals surface area contributed by atoms with Gasteiger partial charge in [-0.15, -0.1) is 0 Å². The van der Waals surface area contributed by atoms with E-state index < -0.39 is 12.0 Å². The Hall–Kier alpha value is -1.36. The molecule has 0 bridgehead atoms. The Morgan fingerprint density at radius 3 is 2.84 bits per heavy atom. The zero-order valence-electron chi connectivity index (χ0n) is 11.7. The van der Waals surface area contributed by atoms with E-state index in [1.165, 1.54) is 32.1 Å². The first-order chi connectivity index (χ1) is 9.08. The lowest BCUT2D eigenvalue weighted by atomic mass is 9.96. The minimum absolute atomic E-state index is 0.486. The summed E-state index contributed by atoms with van der Waals surface area (Å²) in [5.41, 5.74) is 0.946. The van der Waals surface area contributed by atoms with E-state index in [9.17, 15) is 4.79 Å². The van der Waals surface area contributed by atoms with Gasteiger partial charge < -0.3 is 5.11 Å². The van der Waals surface area contributed by atoms with Crippen molar-refractivity contribution in [2.75, 3.05) is 7.05 Å². The molecule has 1 aromatic rings. The first-order valence-electron chi connectivity index (χ1n) is 7.05. The van der Waals surface area contributed by atoms with Gasteiger partial charge in [0.15, 0.2) is 0 Å². The molecule has 2 rings (SSSR count). The van der Waals surface area contributed by atoms with Crippen LogP contribution in [0.5, 0.6) is 0 Å². The second-order valence-corrected chi connectivity index (χ2v) is 5.51. The molecule has 1 unspecified atom stereocenters. The van der Waals surface area contributed by atoms with Gasteiger partial charge in [-0.05, 0) is 32.9 Å². The molecule has 1 atom stereocenters. The number of carbonyl (C=O) groups is 1. The van der Waals surface area contributed by atoms with Crippen molar-refractivity contribution in [2.45, 2.75) is 57.7 Å². The molecular formula is C14H23N3O2. The zero-order valence-corrected chi connectivity index (χ0v) is 11.7. The van der Waals surface area contributed by atoms with Gasteiger partial charge in [-0.25, -0.2) is 0 Å². The summed E-state index contributed by atoms with van der Waals surface area (Å²) in [6.45, 7) is 2.27. The molecule has 19 heavy (non-hydrogen) atoms. The van der Waals surface area contributed by atoms with Crippen molar-refractivity contribution >= 4 is 5.97 Å². The predicted molar refractivity (Wildman–Crippen MR) is 72.9 cm³/mol. The number of carboxylic acids is 1. The smallest absolute Gasteiger partial charge is 0.320 e. The largest absolute Gasteiger partial charge is 0.480 e. The van der Waals surface area contributed by atoms with Crippen LogP contribution in [0.1, 0.15) is 50.8 Å². The number of aromatic nitrogens is 2. The molecule has 1 saturated carbocycles. The van der Waals surface area contributed by atoms with Crippen LogP contribution in [0.4, 0.5) is 0 Å². The maximum Gasteiger partial charge on any atom is 0.320 e. The van der Waals surface area contributed by atoms with Gasteiger partial charge in [0.2, 0.25) is 0 Å². The average molecular weight is 265 g/mol. The number of rotatable bonds is 5. The van der Waals surface area contributed by atoms with Crippen LogP contribution in [0, 0.1) is 0 Å². The molecule has 1 aromatic heterocycles. The van der Waals surface area contributed by atoms with E-state index >= 15 is 0 Å². The summed E-state index contributed by atoms with van der Waals surface area (Å²) >= 11 is 0. The zero-order chi connectivity index (χ0) is 13.8. The van der Waals surface area contributed by atoms with Crippen LogP contribution in [0.2, 0.25) is 0 Å². The molecular weight excluding hydrogens is 242 g/mol. The number of likely N-dealkylation sites (N-methyl/N-ethyl adjacent to an activating group) is 1. The van der Waals surface area contributed by atoms with Crippen LogP contribution in [-0.4, -0.2) is 38.8 Å². The fourth-order valence-electron chi connectivity index (χ4n) is 2.59. The molecule has 0 aliphatic heterocycles. The van der Waals surface area contributed by atoms with Crippen LogP contribution in [-0.2, 0) is 11.3 Å². The topological polar surface area (TPSA) is 58.4 Å². The molecule has 0 aromatic carbocycles. The lowest BCUT2D eigenvalue weighted by Gasteiger charge is -2.22. The molecule has 1 N–H and O–H groups in total. The Labute approximate surface area is 114 Å². The first kappa shape index (κ1) is 14.1. The van der Waals surface area contributed by atoms with Gasteiger partial charge in [-0.2, -0.15) is 5.10 Å². The number of nitrogens with zero attached hydrogens (tertiary/aromatic N) is 3. The normalized spacial score (nSPS) is 18.7. The summed E-state index contributed by atoms with van der Waals surface area (Å²) < 4.78 is 2.06. The number of hydrogen-bond donors (Lipinski definition) is 1. The molecule has 1 aliphatic carbocycles. The van der Waals surface area contributed by atoms with Crippen molar-refractivity contribution in [1.29, 1.82) is 0 Å². The van der Waals surface area contributed by atoms with Crippen molar-refractivity contribution < 1.29 is 9.90 Å². The minimum Gasteiger partial charge on any atom is -0.480 e. The van der Waals surface area contributed by atoms with Gasteiger partial charge in [0, 0.05) is 12.7 Å². The van der Waals surface area contributed by atoms with E-state index in [2.05, 4.69) is 9.78 Å². The van der Waals surface area contributed by atoms with Gasteiger partial charge in [0.25, 0.3) is 0 Å². The van der Waals surface area contributed by atoms with Crippen LogP contribution >= 0.6 is 0 Å². The van der Waals surface area contributed by atoms with Crippen molar-refractivity contribution in [3.8, 4) is 0 Å². The van der Waals surface area contributed by atoms with Gasteiger partial charge in [0.1, 0.15) is 6.04 Å². The molecule has 106 valence electrons. The van der Waals surface area contributed by atoms with Crippen LogP contribution < -0.4 is 0 Å². The van der Waals surface area contributed by atoms with Crippen molar-refractivity contribution in [2.24, 2.45) is 0 Å². The standard InChI is InChI=1S/C14H23N3O2/c1-11(14(18)19)16(2)10-12-8-9-17(15-12)13-6-4-3-5-7-13/h8-9,11,13H,3-7,10H2,1-2H3,(H,18,19). The highest BCUT2D eigenvalue weighted by atomic mass is 16.4. The summed E-state index contributed by atoms with van der Waals surface area (Å²) in [6.07, 6.45) is 8.37. The Kier molecular flexibility index (Phi) is 4.58. The minimum atomic E-state index is -0.797. The van der Waals surface area contributed by atoms with Crippen LogP contribution in [0.3, 0.4) is 0 Å². The third-order valence-electron chi connectivity index (χ3n) is 4.04. The monoisotopic (exact) mass is 265 g/mol. The number of aliphatic carboxylic acids is 1. The van der Waals surface area contributed by atoms with Gasteiger partial charge in [0.05, 0.1) is 11.7 Å². The second-order valence-electron chi connectivity index (χ2n) is 5.51. The van der Waals surface area contributed by atoms with Crippen LogP contribution in [0.15, 0.2) is 12.3 Å².